The van der Waals surface area contributed by atoms with E-state index < -0.39 is 46.2 Å². The summed E-state index contributed by atoms with van der Waals surface area (Å²) < 4.78 is 81.2. The molecule has 3 N–H and O–H groups in total. The van der Waals surface area contributed by atoms with Crippen LogP contribution in [0.5, 0.6) is 6.01 Å². The van der Waals surface area contributed by atoms with Crippen LogP contribution >= 0.6 is 0 Å². The largest absolute Gasteiger partial charge is 0.461 e. The van der Waals surface area contributed by atoms with E-state index in [9.17, 15) is 13.2 Å². The maximum atomic E-state index is 15.3. The Kier molecular flexibility index (Phi) is 5.99. The highest BCUT2D eigenvalue weighted by atomic mass is 19.2. The molecule has 4 aliphatic rings. The molecule has 226 valence electrons. The lowest BCUT2D eigenvalue weighted by Gasteiger charge is -2.34. The van der Waals surface area contributed by atoms with Crippen LogP contribution in [0.25, 0.3) is 27.8 Å². The molecule has 43 heavy (non-hydrogen) atoms. The molecule has 7 heterocycles. The second kappa shape index (κ2) is 9.61. The van der Waals surface area contributed by atoms with Crippen molar-refractivity contribution in [2.24, 2.45) is 0 Å². The lowest BCUT2D eigenvalue weighted by Crippen LogP contribution is -2.51. The van der Waals surface area contributed by atoms with Gasteiger partial charge in [0.2, 0.25) is 0 Å². The number of hydrogen-bond donors (Lipinski definition) is 2. The molecule has 3 aromatic heterocycles. The molecule has 4 atom stereocenters. The molecule has 9 nitrogen and oxygen atoms in total. The van der Waals surface area contributed by atoms with Gasteiger partial charge < -0.3 is 20.7 Å². The number of fused-ring (bicyclic) bond motifs is 6. The number of anilines is 2. The molecule has 4 saturated heterocycles. The van der Waals surface area contributed by atoms with Gasteiger partial charge in [-0.3, -0.25) is 9.30 Å². The van der Waals surface area contributed by atoms with Crippen molar-refractivity contribution < 1.29 is 26.7 Å². The Balaban J connectivity index is 1.31. The Morgan fingerprint density at radius 2 is 1.81 bits per heavy atom. The number of pyridine rings is 1. The number of hydrogen-bond acceptors (Lipinski definition) is 8. The SMILES string of the molecule is Nc1c(F)c(F)c(F)c(-c2cc3nc(OC[C@@]45CCCN4C[C@H](F)C5)nc(N4C[C@H]5CC[C@@H](C4)N5)c3n3ccnc23)c1F. The van der Waals surface area contributed by atoms with Crippen LogP contribution in [0.15, 0.2) is 18.5 Å². The standard InChI is InChI=1S/C29H29F5N8O/c30-14-9-29(4-1-6-41(29)10-14)13-43-28-38-18-8-17(19-20(31)22(33)23(34)24(35)21(19)32)26-36-5-7-42(26)25(18)27(39-28)40-11-15-2-3-16(12-40)37-15/h5,7-8,14-16,37H,1-4,6,9-13,35H2/t14-,15-,16+,29+/m1/s1. The number of nitrogens with one attached hydrogen (secondary N) is 1. The summed E-state index contributed by atoms with van der Waals surface area (Å²) in [6.45, 7) is 2.70. The third-order valence-corrected chi connectivity index (χ3v) is 9.59. The van der Waals surface area contributed by atoms with Gasteiger partial charge >= 0.3 is 6.01 Å². The van der Waals surface area contributed by atoms with Crippen molar-refractivity contribution in [1.82, 2.24) is 29.6 Å². The highest BCUT2D eigenvalue weighted by Gasteiger charge is 2.49. The number of alkyl halides is 1. The Hall–Kier alpha value is -3.78. The minimum absolute atomic E-state index is 0.0353. The van der Waals surface area contributed by atoms with Crippen LogP contribution in [0.1, 0.15) is 32.1 Å². The lowest BCUT2D eigenvalue weighted by atomic mass is 9.95. The quantitative estimate of drug-likeness (QED) is 0.154. The number of benzene rings is 1. The lowest BCUT2D eigenvalue weighted by molar-refractivity contribution is 0.107. The molecule has 0 radical (unpaired) electrons. The molecule has 0 unspecified atom stereocenters. The Morgan fingerprint density at radius 1 is 1.02 bits per heavy atom. The minimum Gasteiger partial charge on any atom is -0.461 e. The highest BCUT2D eigenvalue weighted by molar-refractivity contribution is 5.95. The molecular formula is C29H29F5N8O. The van der Waals surface area contributed by atoms with Gasteiger partial charge in [-0.15, -0.1) is 0 Å². The van der Waals surface area contributed by atoms with Crippen molar-refractivity contribution in [2.45, 2.75) is 55.9 Å². The number of ether oxygens (including phenoxy) is 1. The number of nitrogens with zero attached hydrogens (tertiary/aromatic N) is 6. The Labute approximate surface area is 242 Å². The number of nitrogens with two attached hydrogens (primary N) is 1. The molecule has 2 bridgehead atoms. The minimum atomic E-state index is -1.88. The molecule has 0 aliphatic carbocycles. The summed E-state index contributed by atoms with van der Waals surface area (Å²) in [5.41, 5.74) is 3.75. The normalized spacial score (nSPS) is 27.1. The number of piperazine rings is 1. The van der Waals surface area contributed by atoms with Gasteiger partial charge in [-0.25, -0.2) is 26.9 Å². The van der Waals surface area contributed by atoms with Gasteiger partial charge in [0.15, 0.2) is 29.1 Å². The van der Waals surface area contributed by atoms with Crippen LogP contribution in [0.2, 0.25) is 0 Å². The number of aromatic nitrogens is 4. The smallest absolute Gasteiger partial charge is 0.319 e. The molecule has 14 heteroatoms. The third-order valence-electron chi connectivity index (χ3n) is 9.59. The second-order valence-corrected chi connectivity index (χ2v) is 12.2. The van der Waals surface area contributed by atoms with E-state index in [4.69, 9.17) is 15.5 Å². The second-order valence-electron chi connectivity index (χ2n) is 12.2. The average molecular weight is 601 g/mol. The van der Waals surface area contributed by atoms with Gasteiger partial charge in [-0.05, 0) is 38.3 Å². The van der Waals surface area contributed by atoms with Gasteiger partial charge in [0.25, 0.3) is 0 Å². The van der Waals surface area contributed by atoms with Crippen molar-refractivity contribution in [3.8, 4) is 17.1 Å². The van der Waals surface area contributed by atoms with Crippen molar-refractivity contribution >= 4 is 28.2 Å². The zero-order valence-electron chi connectivity index (χ0n) is 23.1. The number of halogens is 5. The first-order valence-electron chi connectivity index (χ1n) is 14.5. The van der Waals surface area contributed by atoms with Gasteiger partial charge in [0.05, 0.1) is 16.6 Å². The van der Waals surface area contributed by atoms with Crippen LogP contribution in [0.4, 0.5) is 33.5 Å². The summed E-state index contributed by atoms with van der Waals surface area (Å²) in [5, 5.41) is 3.60. The first kappa shape index (κ1) is 26.8. The predicted octanol–water partition coefficient (Wildman–Crippen LogP) is 3.98. The van der Waals surface area contributed by atoms with E-state index in [0.29, 0.717) is 37.4 Å². The first-order valence-corrected chi connectivity index (χ1v) is 14.5. The maximum absolute atomic E-state index is 15.3. The topological polar surface area (TPSA) is 96.8 Å². The van der Waals surface area contributed by atoms with Crippen molar-refractivity contribution in [3.63, 3.8) is 0 Å². The molecule has 0 saturated carbocycles. The maximum Gasteiger partial charge on any atom is 0.319 e. The van der Waals surface area contributed by atoms with Crippen LogP contribution in [0, 0.1) is 23.3 Å². The summed E-state index contributed by atoms with van der Waals surface area (Å²) in [4.78, 5) is 18.0. The number of rotatable bonds is 5. The summed E-state index contributed by atoms with van der Waals surface area (Å²) in [6.07, 6.45) is 6.26. The monoisotopic (exact) mass is 600 g/mol. The molecule has 4 fully saturated rings. The van der Waals surface area contributed by atoms with Gasteiger partial charge in [0.1, 0.15) is 29.6 Å². The molecule has 4 aromatic rings. The summed E-state index contributed by atoms with van der Waals surface area (Å²) in [6, 6.07) is 1.95. The van der Waals surface area contributed by atoms with Crippen LogP contribution < -0.4 is 20.7 Å². The number of nitrogen functional groups attached to an aromatic ring is 1. The van der Waals surface area contributed by atoms with E-state index in [0.717, 1.165) is 32.2 Å². The summed E-state index contributed by atoms with van der Waals surface area (Å²) >= 11 is 0. The van der Waals surface area contributed by atoms with E-state index in [1.54, 1.807) is 10.6 Å². The van der Waals surface area contributed by atoms with Gasteiger partial charge in [-0.2, -0.15) is 9.97 Å². The molecule has 0 spiro atoms. The fraction of sp³-hybridized carbons (Fsp3) is 0.483. The van der Waals surface area contributed by atoms with E-state index in [1.807, 2.05) is 0 Å². The molecular weight excluding hydrogens is 571 g/mol. The number of imidazole rings is 1. The average Bonchev–Trinajstić information content (AvgIpc) is 3.77. The van der Waals surface area contributed by atoms with Crippen molar-refractivity contribution in [2.75, 3.05) is 43.4 Å². The first-order chi connectivity index (χ1) is 20.7. The van der Waals surface area contributed by atoms with Gasteiger partial charge in [-0.1, -0.05) is 0 Å². The summed E-state index contributed by atoms with van der Waals surface area (Å²) in [5.74, 6) is -6.29. The van der Waals surface area contributed by atoms with Crippen molar-refractivity contribution in [3.05, 3.63) is 41.7 Å². The summed E-state index contributed by atoms with van der Waals surface area (Å²) in [7, 11) is 0. The van der Waals surface area contributed by atoms with Crippen LogP contribution in [-0.2, 0) is 0 Å². The zero-order valence-corrected chi connectivity index (χ0v) is 23.1. The van der Waals surface area contributed by atoms with E-state index in [2.05, 4.69) is 25.1 Å². The highest BCUT2D eigenvalue weighted by Crippen LogP contribution is 2.42. The fourth-order valence-electron chi connectivity index (χ4n) is 7.63. The van der Waals surface area contributed by atoms with E-state index in [1.165, 1.54) is 12.3 Å². The van der Waals surface area contributed by atoms with E-state index in [-0.39, 0.29) is 41.4 Å². The molecule has 0 amide bonds. The van der Waals surface area contributed by atoms with Gasteiger partial charge in [0, 0.05) is 56.1 Å². The molecule has 8 rings (SSSR count). The molecule has 1 aromatic carbocycles. The zero-order chi connectivity index (χ0) is 29.6. The van der Waals surface area contributed by atoms with Crippen molar-refractivity contribution in [1.29, 1.82) is 0 Å². The van der Waals surface area contributed by atoms with E-state index >= 15 is 8.78 Å². The predicted molar refractivity (Wildman–Crippen MR) is 149 cm³/mol. The Bertz CT molecular complexity index is 1740. The Morgan fingerprint density at radius 3 is 2.60 bits per heavy atom. The van der Waals surface area contributed by atoms with Crippen LogP contribution in [0.3, 0.4) is 0 Å². The fourth-order valence-corrected chi connectivity index (χ4v) is 7.63. The molecule has 4 aliphatic heterocycles. The van der Waals surface area contributed by atoms with Crippen LogP contribution in [-0.4, -0.2) is 80.8 Å². The third kappa shape index (κ3) is 4.05.